The molecule has 4 nitrogen and oxygen atoms in total. The zero-order chi connectivity index (χ0) is 18.5. The van der Waals surface area contributed by atoms with Crippen molar-refractivity contribution in [2.24, 2.45) is 0 Å². The fourth-order valence-electron chi connectivity index (χ4n) is 3.19. The lowest BCUT2D eigenvalue weighted by Crippen LogP contribution is -2.45. The van der Waals surface area contributed by atoms with E-state index in [0.717, 1.165) is 35.3 Å². The maximum Gasteiger partial charge on any atom is 0.173 e. The van der Waals surface area contributed by atoms with Crippen LogP contribution in [-0.4, -0.2) is 35.8 Å². The van der Waals surface area contributed by atoms with E-state index in [2.05, 4.69) is 49.2 Å². The summed E-state index contributed by atoms with van der Waals surface area (Å²) in [6, 6.07) is 14.2. The van der Waals surface area contributed by atoms with Crippen LogP contribution in [0.25, 0.3) is 0 Å². The Morgan fingerprint density at radius 3 is 2.54 bits per heavy atom. The summed E-state index contributed by atoms with van der Waals surface area (Å²) in [7, 11) is 0. The first-order valence-electron chi connectivity index (χ1n) is 9.08. The van der Waals surface area contributed by atoms with Crippen LogP contribution in [0.1, 0.15) is 24.5 Å². The molecule has 2 aromatic carbocycles. The second-order valence-electron chi connectivity index (χ2n) is 6.75. The summed E-state index contributed by atoms with van der Waals surface area (Å²) in [4.78, 5) is 2.16. The molecular formula is C21H26N2O2S. The van der Waals surface area contributed by atoms with Gasteiger partial charge >= 0.3 is 0 Å². The van der Waals surface area contributed by atoms with E-state index in [9.17, 15) is 0 Å². The fourth-order valence-corrected chi connectivity index (χ4v) is 3.48. The van der Waals surface area contributed by atoms with Crippen LogP contribution in [0.2, 0.25) is 0 Å². The average Bonchev–Trinajstić information content (AvgIpc) is 2.60. The van der Waals surface area contributed by atoms with Gasteiger partial charge in [-0.1, -0.05) is 25.1 Å². The highest BCUT2D eigenvalue weighted by atomic mass is 32.1. The molecule has 5 heteroatoms. The van der Waals surface area contributed by atoms with Crippen molar-refractivity contribution in [3.05, 3.63) is 53.6 Å². The number of ether oxygens (including phenoxy) is 2. The van der Waals surface area contributed by atoms with Crippen LogP contribution in [0.15, 0.2) is 42.5 Å². The Hall–Kier alpha value is -2.27. The summed E-state index contributed by atoms with van der Waals surface area (Å²) >= 11 is 5.67. The fraction of sp³-hybridized carbons (Fsp3) is 0.381. The van der Waals surface area contributed by atoms with E-state index in [1.807, 2.05) is 24.3 Å². The summed E-state index contributed by atoms with van der Waals surface area (Å²) in [5.41, 5.74) is 3.47. The minimum atomic E-state index is -0.0459. The molecule has 0 saturated heterocycles. The zero-order valence-electron chi connectivity index (χ0n) is 15.6. The van der Waals surface area contributed by atoms with E-state index in [-0.39, 0.29) is 6.10 Å². The molecule has 1 atom stereocenters. The first kappa shape index (κ1) is 18.5. The van der Waals surface area contributed by atoms with Crippen LogP contribution in [0, 0.1) is 13.8 Å². The van der Waals surface area contributed by atoms with E-state index >= 15 is 0 Å². The summed E-state index contributed by atoms with van der Waals surface area (Å²) in [5, 5.41) is 4.10. The SMILES string of the molecule is CCCN(C[C@@H]1COc2ccccc2O1)C(=S)Nc1cc(C)cc(C)c1. The van der Waals surface area contributed by atoms with Crippen LogP contribution in [-0.2, 0) is 0 Å². The molecule has 0 saturated carbocycles. The predicted molar refractivity (Wildman–Crippen MR) is 110 cm³/mol. The predicted octanol–water partition coefficient (Wildman–Crippen LogP) is 4.55. The van der Waals surface area contributed by atoms with Gasteiger partial charge in [0.2, 0.25) is 0 Å². The van der Waals surface area contributed by atoms with Gasteiger partial charge in [-0.3, -0.25) is 0 Å². The van der Waals surface area contributed by atoms with Crippen molar-refractivity contribution < 1.29 is 9.47 Å². The first-order chi connectivity index (χ1) is 12.5. The molecule has 3 rings (SSSR count). The highest BCUT2D eigenvalue weighted by molar-refractivity contribution is 7.80. The number of para-hydroxylation sites is 2. The monoisotopic (exact) mass is 370 g/mol. The number of fused-ring (bicyclic) bond motifs is 1. The summed E-state index contributed by atoms with van der Waals surface area (Å²) in [5.74, 6) is 1.61. The Bertz CT molecular complexity index is 758. The van der Waals surface area contributed by atoms with Gasteiger partial charge in [-0.25, -0.2) is 0 Å². The quantitative estimate of drug-likeness (QED) is 0.781. The molecule has 0 fully saturated rings. The van der Waals surface area contributed by atoms with Crippen molar-refractivity contribution >= 4 is 23.0 Å². The number of nitrogens with one attached hydrogen (secondary N) is 1. The third-order valence-corrected chi connectivity index (χ3v) is 4.61. The van der Waals surface area contributed by atoms with E-state index < -0.39 is 0 Å². The van der Waals surface area contributed by atoms with Crippen LogP contribution < -0.4 is 14.8 Å². The smallest absolute Gasteiger partial charge is 0.173 e. The third kappa shape index (κ3) is 4.67. The van der Waals surface area contributed by atoms with Gasteiger partial charge in [0.25, 0.3) is 0 Å². The van der Waals surface area contributed by atoms with E-state index in [0.29, 0.717) is 13.2 Å². The average molecular weight is 371 g/mol. The Kier molecular flexibility index (Phi) is 5.99. The van der Waals surface area contributed by atoms with Crippen LogP contribution in [0.5, 0.6) is 11.5 Å². The maximum atomic E-state index is 6.09. The minimum Gasteiger partial charge on any atom is -0.486 e. The van der Waals surface area contributed by atoms with Gasteiger partial charge in [-0.05, 0) is 67.9 Å². The van der Waals surface area contributed by atoms with E-state index in [1.54, 1.807) is 0 Å². The number of rotatable bonds is 5. The van der Waals surface area contributed by atoms with Gasteiger partial charge in [-0.15, -0.1) is 0 Å². The molecular weight excluding hydrogens is 344 g/mol. The first-order valence-corrected chi connectivity index (χ1v) is 9.48. The molecule has 0 spiro atoms. The van der Waals surface area contributed by atoms with Crippen molar-refractivity contribution in [2.75, 3.05) is 25.0 Å². The Balaban J connectivity index is 1.66. The lowest BCUT2D eigenvalue weighted by atomic mass is 10.1. The number of hydrogen-bond acceptors (Lipinski definition) is 3. The summed E-state index contributed by atoms with van der Waals surface area (Å²) < 4.78 is 11.9. The molecule has 0 unspecified atom stereocenters. The Morgan fingerprint density at radius 1 is 1.15 bits per heavy atom. The van der Waals surface area contributed by atoms with Gasteiger partial charge in [0.05, 0.1) is 6.54 Å². The summed E-state index contributed by atoms with van der Waals surface area (Å²) in [6.07, 6.45) is 0.967. The highest BCUT2D eigenvalue weighted by Crippen LogP contribution is 2.31. The van der Waals surface area contributed by atoms with E-state index in [1.165, 1.54) is 11.1 Å². The lowest BCUT2D eigenvalue weighted by Gasteiger charge is -2.32. The third-order valence-electron chi connectivity index (χ3n) is 4.25. The molecule has 0 aromatic heterocycles. The molecule has 1 N–H and O–H groups in total. The van der Waals surface area contributed by atoms with Crippen LogP contribution >= 0.6 is 12.2 Å². The number of thiocarbonyl (C=S) groups is 1. The molecule has 1 aliphatic heterocycles. The summed E-state index contributed by atoms with van der Waals surface area (Å²) in [6.45, 7) is 8.44. The Labute approximate surface area is 161 Å². The molecule has 0 amide bonds. The van der Waals surface area contributed by atoms with Crippen molar-refractivity contribution in [3.8, 4) is 11.5 Å². The number of hydrogen-bond donors (Lipinski definition) is 1. The van der Waals surface area contributed by atoms with Gasteiger partial charge in [0.15, 0.2) is 22.7 Å². The van der Waals surface area contributed by atoms with E-state index in [4.69, 9.17) is 21.7 Å². The molecule has 26 heavy (non-hydrogen) atoms. The molecule has 1 heterocycles. The molecule has 0 radical (unpaired) electrons. The lowest BCUT2D eigenvalue weighted by molar-refractivity contribution is 0.0746. The van der Waals surface area contributed by atoms with Crippen molar-refractivity contribution in [3.63, 3.8) is 0 Å². The number of aryl methyl sites for hydroxylation is 2. The highest BCUT2D eigenvalue weighted by Gasteiger charge is 2.24. The van der Waals surface area contributed by atoms with Gasteiger partial charge in [0, 0.05) is 12.2 Å². The van der Waals surface area contributed by atoms with Crippen molar-refractivity contribution in [1.82, 2.24) is 4.90 Å². The molecule has 2 aromatic rings. The number of nitrogens with zero attached hydrogens (tertiary/aromatic N) is 1. The molecule has 1 aliphatic rings. The minimum absolute atomic E-state index is 0.0459. The maximum absolute atomic E-state index is 6.09. The van der Waals surface area contributed by atoms with Crippen LogP contribution in [0.3, 0.4) is 0 Å². The normalized spacial score (nSPS) is 15.4. The van der Waals surface area contributed by atoms with Gasteiger partial charge in [-0.2, -0.15) is 0 Å². The Morgan fingerprint density at radius 2 is 1.85 bits per heavy atom. The molecule has 138 valence electrons. The number of benzene rings is 2. The van der Waals surface area contributed by atoms with Crippen molar-refractivity contribution in [2.45, 2.75) is 33.3 Å². The van der Waals surface area contributed by atoms with Gasteiger partial charge < -0.3 is 19.7 Å². The number of anilines is 1. The topological polar surface area (TPSA) is 33.7 Å². The van der Waals surface area contributed by atoms with Gasteiger partial charge in [0.1, 0.15) is 6.61 Å². The largest absolute Gasteiger partial charge is 0.486 e. The molecule has 0 bridgehead atoms. The standard InChI is InChI=1S/C21H26N2O2S/c1-4-9-23(21(26)22-17-11-15(2)10-16(3)12-17)13-18-14-24-19-7-5-6-8-20(19)25-18/h5-8,10-12,18H,4,9,13-14H2,1-3H3,(H,22,26)/t18-/m1/s1. The zero-order valence-corrected chi connectivity index (χ0v) is 16.4. The second kappa shape index (κ2) is 8.41. The molecule has 0 aliphatic carbocycles. The van der Waals surface area contributed by atoms with Crippen molar-refractivity contribution in [1.29, 1.82) is 0 Å². The van der Waals surface area contributed by atoms with Crippen LogP contribution in [0.4, 0.5) is 5.69 Å². The second-order valence-corrected chi connectivity index (χ2v) is 7.14.